The van der Waals surface area contributed by atoms with Crippen LogP contribution in [0.3, 0.4) is 0 Å². The summed E-state index contributed by atoms with van der Waals surface area (Å²) in [4.78, 5) is 11.9. The van der Waals surface area contributed by atoms with Crippen LogP contribution in [0.1, 0.15) is 40.0 Å². The van der Waals surface area contributed by atoms with Gasteiger partial charge in [0.1, 0.15) is 5.54 Å². The van der Waals surface area contributed by atoms with Gasteiger partial charge in [-0.25, -0.2) is 0 Å². The van der Waals surface area contributed by atoms with E-state index >= 15 is 0 Å². The van der Waals surface area contributed by atoms with Crippen LogP contribution in [0.15, 0.2) is 0 Å². The summed E-state index contributed by atoms with van der Waals surface area (Å²) in [5, 5.41) is 13.4. The molecule has 4 nitrogen and oxygen atoms in total. The fraction of sp³-hybridized carbons (Fsp3) is 0.923. The second-order valence-electron chi connectivity index (χ2n) is 5.05. The number of aliphatic hydroxyl groups is 1. The van der Waals surface area contributed by atoms with Gasteiger partial charge in [0.25, 0.3) is 0 Å². The lowest BCUT2D eigenvalue weighted by Gasteiger charge is -2.27. The zero-order valence-corrected chi connectivity index (χ0v) is 12.5. The highest BCUT2D eigenvalue weighted by Crippen LogP contribution is 2.39. The van der Waals surface area contributed by atoms with Crippen LogP contribution in [-0.4, -0.2) is 46.9 Å². The van der Waals surface area contributed by atoms with Gasteiger partial charge in [-0.3, -0.25) is 4.79 Å². The molecule has 0 aromatic rings. The van der Waals surface area contributed by atoms with E-state index in [1.165, 1.54) is 7.11 Å². The SMILES string of the molecule is CCNC1(C(=O)OC)CCC(SC(C)C(C)O)C1. The summed E-state index contributed by atoms with van der Waals surface area (Å²) in [5.74, 6) is -0.155. The third-order valence-corrected chi connectivity index (χ3v) is 5.26. The van der Waals surface area contributed by atoms with Crippen molar-refractivity contribution in [2.45, 2.75) is 62.2 Å². The third-order valence-electron chi connectivity index (χ3n) is 3.65. The zero-order valence-electron chi connectivity index (χ0n) is 11.7. The highest BCUT2D eigenvalue weighted by Gasteiger charge is 2.46. The first kappa shape index (κ1) is 15.8. The molecule has 0 radical (unpaired) electrons. The van der Waals surface area contributed by atoms with Crippen LogP contribution in [0, 0.1) is 0 Å². The number of likely N-dealkylation sites (N-methyl/N-ethyl adjacent to an activating group) is 1. The molecule has 106 valence electrons. The number of esters is 1. The molecule has 1 saturated carbocycles. The summed E-state index contributed by atoms with van der Waals surface area (Å²) in [7, 11) is 1.44. The minimum Gasteiger partial charge on any atom is -0.468 e. The number of thioether (sulfide) groups is 1. The van der Waals surface area contributed by atoms with Crippen molar-refractivity contribution in [2.75, 3.05) is 13.7 Å². The Balaban J connectivity index is 2.62. The number of rotatable bonds is 6. The van der Waals surface area contributed by atoms with Crippen LogP contribution in [-0.2, 0) is 9.53 Å². The molecule has 0 saturated heterocycles. The highest BCUT2D eigenvalue weighted by atomic mass is 32.2. The lowest BCUT2D eigenvalue weighted by Crippen LogP contribution is -2.51. The van der Waals surface area contributed by atoms with Crippen LogP contribution in [0.4, 0.5) is 0 Å². The number of carbonyl (C=O) groups excluding carboxylic acids is 1. The van der Waals surface area contributed by atoms with Crippen molar-refractivity contribution in [2.24, 2.45) is 0 Å². The summed E-state index contributed by atoms with van der Waals surface area (Å²) in [5.41, 5.74) is -0.514. The fourth-order valence-electron chi connectivity index (χ4n) is 2.49. The number of methoxy groups -OCH3 is 1. The second-order valence-corrected chi connectivity index (χ2v) is 6.73. The average molecular weight is 275 g/mol. The first-order valence-corrected chi connectivity index (χ1v) is 7.56. The van der Waals surface area contributed by atoms with E-state index in [4.69, 9.17) is 4.74 Å². The van der Waals surface area contributed by atoms with Crippen molar-refractivity contribution >= 4 is 17.7 Å². The predicted molar refractivity (Wildman–Crippen MR) is 74.8 cm³/mol. The minimum atomic E-state index is -0.514. The van der Waals surface area contributed by atoms with E-state index in [1.807, 2.05) is 20.8 Å². The molecule has 1 fully saturated rings. The maximum atomic E-state index is 11.9. The van der Waals surface area contributed by atoms with Crippen LogP contribution >= 0.6 is 11.8 Å². The van der Waals surface area contributed by atoms with Gasteiger partial charge in [0.05, 0.1) is 13.2 Å². The molecule has 0 bridgehead atoms. The van der Waals surface area contributed by atoms with E-state index in [1.54, 1.807) is 11.8 Å². The maximum absolute atomic E-state index is 11.9. The Morgan fingerprint density at radius 3 is 2.78 bits per heavy atom. The summed E-state index contributed by atoms with van der Waals surface area (Å²) < 4.78 is 4.93. The molecule has 2 N–H and O–H groups in total. The molecule has 0 spiro atoms. The minimum absolute atomic E-state index is 0.155. The van der Waals surface area contributed by atoms with Crippen LogP contribution in [0.25, 0.3) is 0 Å². The Morgan fingerprint density at radius 1 is 1.61 bits per heavy atom. The Kier molecular flexibility index (Phi) is 5.95. The summed E-state index contributed by atoms with van der Waals surface area (Å²) in [6.07, 6.45) is 2.28. The van der Waals surface area contributed by atoms with Crippen molar-refractivity contribution in [1.29, 1.82) is 0 Å². The normalized spacial score (nSPS) is 31.1. The third kappa shape index (κ3) is 3.62. The Labute approximate surface area is 114 Å². The van der Waals surface area contributed by atoms with Crippen LogP contribution in [0.5, 0.6) is 0 Å². The van der Waals surface area contributed by atoms with Gasteiger partial charge in [0.2, 0.25) is 0 Å². The van der Waals surface area contributed by atoms with Crippen molar-refractivity contribution in [1.82, 2.24) is 5.32 Å². The summed E-state index contributed by atoms with van der Waals surface area (Å²) in [6.45, 7) is 6.60. The maximum Gasteiger partial charge on any atom is 0.326 e. The van der Waals surface area contributed by atoms with Crippen molar-refractivity contribution in [3.8, 4) is 0 Å². The number of hydrogen-bond donors (Lipinski definition) is 2. The highest BCUT2D eigenvalue weighted by molar-refractivity contribution is 8.00. The summed E-state index contributed by atoms with van der Waals surface area (Å²) in [6, 6.07) is 0. The van der Waals surface area contributed by atoms with Gasteiger partial charge in [-0.1, -0.05) is 13.8 Å². The van der Waals surface area contributed by atoms with Gasteiger partial charge in [0.15, 0.2) is 0 Å². The predicted octanol–water partition coefficient (Wildman–Crippen LogP) is 1.56. The molecule has 5 heteroatoms. The van der Waals surface area contributed by atoms with Gasteiger partial charge in [-0.2, -0.15) is 11.8 Å². The molecule has 1 aliphatic carbocycles. The molecule has 1 rings (SSSR count). The Bertz CT molecular complexity index is 285. The summed E-state index contributed by atoms with van der Waals surface area (Å²) >= 11 is 1.77. The molecule has 0 heterocycles. The Hall–Kier alpha value is -0.260. The molecule has 0 aromatic heterocycles. The molecule has 0 amide bonds. The molecule has 0 aromatic carbocycles. The largest absolute Gasteiger partial charge is 0.468 e. The van der Waals surface area contributed by atoms with Crippen molar-refractivity contribution in [3.05, 3.63) is 0 Å². The molecule has 1 aliphatic rings. The smallest absolute Gasteiger partial charge is 0.326 e. The number of ether oxygens (including phenoxy) is 1. The van der Waals surface area contributed by atoms with E-state index in [9.17, 15) is 9.90 Å². The topological polar surface area (TPSA) is 58.6 Å². The van der Waals surface area contributed by atoms with E-state index in [-0.39, 0.29) is 17.3 Å². The lowest BCUT2D eigenvalue weighted by atomic mass is 9.98. The van der Waals surface area contributed by atoms with E-state index < -0.39 is 5.54 Å². The number of nitrogens with one attached hydrogen (secondary N) is 1. The number of carbonyl (C=O) groups is 1. The quantitative estimate of drug-likeness (QED) is 0.721. The molecule has 0 aliphatic heterocycles. The first-order valence-electron chi connectivity index (χ1n) is 6.62. The zero-order chi connectivity index (χ0) is 13.8. The van der Waals surface area contributed by atoms with E-state index in [0.29, 0.717) is 5.25 Å². The van der Waals surface area contributed by atoms with Crippen LogP contribution < -0.4 is 5.32 Å². The monoisotopic (exact) mass is 275 g/mol. The fourth-order valence-corrected chi connectivity index (χ4v) is 3.95. The van der Waals surface area contributed by atoms with Gasteiger partial charge >= 0.3 is 5.97 Å². The van der Waals surface area contributed by atoms with Gasteiger partial charge < -0.3 is 15.2 Å². The standard InChI is InChI=1S/C13H25NO3S/c1-5-14-13(12(16)17-4)7-6-11(8-13)18-10(3)9(2)15/h9-11,14-15H,5-8H2,1-4H3. The molecule has 4 unspecified atom stereocenters. The van der Waals surface area contributed by atoms with Gasteiger partial charge in [0, 0.05) is 10.5 Å². The Morgan fingerprint density at radius 2 is 2.28 bits per heavy atom. The molecular formula is C13H25NO3S. The van der Waals surface area contributed by atoms with Crippen molar-refractivity contribution < 1.29 is 14.6 Å². The van der Waals surface area contributed by atoms with E-state index in [2.05, 4.69) is 5.32 Å². The van der Waals surface area contributed by atoms with Crippen molar-refractivity contribution in [3.63, 3.8) is 0 Å². The lowest BCUT2D eigenvalue weighted by molar-refractivity contribution is -0.148. The van der Waals surface area contributed by atoms with Gasteiger partial charge in [-0.05, 0) is 32.7 Å². The first-order chi connectivity index (χ1) is 8.45. The van der Waals surface area contributed by atoms with E-state index in [0.717, 1.165) is 25.8 Å². The van der Waals surface area contributed by atoms with Crippen LogP contribution in [0.2, 0.25) is 0 Å². The molecule has 4 atom stereocenters. The molecule has 18 heavy (non-hydrogen) atoms. The second kappa shape index (κ2) is 6.78. The van der Waals surface area contributed by atoms with Gasteiger partial charge in [-0.15, -0.1) is 0 Å². The average Bonchev–Trinajstić information content (AvgIpc) is 2.73. The molecular weight excluding hydrogens is 250 g/mol. The number of hydrogen-bond acceptors (Lipinski definition) is 5. The number of aliphatic hydroxyl groups excluding tert-OH is 1.